The van der Waals surface area contributed by atoms with Gasteiger partial charge in [-0.2, -0.15) is 5.10 Å². The zero-order valence-corrected chi connectivity index (χ0v) is 10.9. The lowest BCUT2D eigenvalue weighted by atomic mass is 10.1. The number of fused-ring (bicyclic) bond motifs is 1. The van der Waals surface area contributed by atoms with E-state index >= 15 is 0 Å². The zero-order valence-electron chi connectivity index (χ0n) is 10.9. The smallest absolute Gasteiger partial charge is 0.160 e. The van der Waals surface area contributed by atoms with Crippen molar-refractivity contribution in [3.63, 3.8) is 0 Å². The molecule has 1 unspecified atom stereocenters. The van der Waals surface area contributed by atoms with Gasteiger partial charge in [-0.3, -0.25) is 10.1 Å². The zero-order chi connectivity index (χ0) is 13.4. The third-order valence-electron chi connectivity index (χ3n) is 3.78. The second-order valence-corrected chi connectivity index (χ2v) is 4.94. The summed E-state index contributed by atoms with van der Waals surface area (Å²) in [4.78, 5) is 15.5. The number of pyridine rings is 1. The van der Waals surface area contributed by atoms with E-state index in [0.29, 0.717) is 0 Å². The lowest BCUT2D eigenvalue weighted by Gasteiger charge is -2.25. The van der Waals surface area contributed by atoms with Gasteiger partial charge in [0.2, 0.25) is 0 Å². The fourth-order valence-electron chi connectivity index (χ4n) is 2.88. The van der Waals surface area contributed by atoms with Gasteiger partial charge in [0.05, 0.1) is 23.3 Å². The highest BCUT2D eigenvalue weighted by Gasteiger charge is 2.29. The molecule has 1 aliphatic rings. The van der Waals surface area contributed by atoms with Crippen LogP contribution in [0.3, 0.4) is 0 Å². The minimum Gasteiger partial charge on any atom is -0.347 e. The van der Waals surface area contributed by atoms with Crippen molar-refractivity contribution < 1.29 is 0 Å². The number of aromatic nitrogens is 5. The van der Waals surface area contributed by atoms with Crippen LogP contribution in [0.1, 0.15) is 24.6 Å². The Morgan fingerprint density at radius 1 is 1.20 bits per heavy atom. The minimum absolute atomic E-state index is 0.282. The van der Waals surface area contributed by atoms with Gasteiger partial charge in [0, 0.05) is 12.7 Å². The molecule has 0 aliphatic carbocycles. The van der Waals surface area contributed by atoms with Gasteiger partial charge in [0.15, 0.2) is 5.65 Å². The van der Waals surface area contributed by atoms with Gasteiger partial charge in [-0.15, -0.1) is 0 Å². The molecule has 3 aromatic heterocycles. The molecule has 0 saturated carbocycles. The highest BCUT2D eigenvalue weighted by Crippen LogP contribution is 2.36. The lowest BCUT2D eigenvalue weighted by Crippen LogP contribution is -2.24. The molecule has 4 rings (SSSR count). The minimum atomic E-state index is 0.282. The second kappa shape index (κ2) is 4.56. The molecule has 1 saturated heterocycles. The van der Waals surface area contributed by atoms with Crippen LogP contribution in [-0.2, 0) is 0 Å². The van der Waals surface area contributed by atoms with E-state index in [1.807, 2.05) is 18.3 Å². The van der Waals surface area contributed by atoms with Crippen molar-refractivity contribution in [2.24, 2.45) is 0 Å². The fourth-order valence-corrected chi connectivity index (χ4v) is 2.88. The lowest BCUT2D eigenvalue weighted by molar-refractivity contribution is 0.689. The van der Waals surface area contributed by atoms with Crippen LogP contribution in [0, 0.1) is 0 Å². The monoisotopic (exact) mass is 266 g/mol. The molecule has 0 bridgehead atoms. The topological polar surface area (TPSA) is 70.6 Å². The van der Waals surface area contributed by atoms with Crippen LogP contribution in [0.5, 0.6) is 0 Å². The first-order valence-corrected chi connectivity index (χ1v) is 6.75. The average molecular weight is 266 g/mol. The number of rotatable bonds is 2. The number of nitrogens with one attached hydrogen (secondary N) is 1. The van der Waals surface area contributed by atoms with Crippen molar-refractivity contribution in [1.29, 1.82) is 0 Å². The summed E-state index contributed by atoms with van der Waals surface area (Å²) in [5.41, 5.74) is 1.88. The molecule has 20 heavy (non-hydrogen) atoms. The van der Waals surface area contributed by atoms with Crippen LogP contribution in [0.15, 0.2) is 36.9 Å². The Balaban J connectivity index is 1.79. The molecule has 3 aromatic rings. The Kier molecular flexibility index (Phi) is 2.58. The van der Waals surface area contributed by atoms with Crippen molar-refractivity contribution >= 4 is 16.9 Å². The molecule has 0 aromatic carbocycles. The Bertz CT molecular complexity index is 723. The van der Waals surface area contributed by atoms with E-state index in [2.05, 4.69) is 36.1 Å². The summed E-state index contributed by atoms with van der Waals surface area (Å²) in [6, 6.07) is 6.34. The molecule has 1 aliphatic heterocycles. The fraction of sp³-hybridized carbons (Fsp3) is 0.286. The first-order valence-electron chi connectivity index (χ1n) is 6.75. The molecule has 6 heteroatoms. The summed E-state index contributed by atoms with van der Waals surface area (Å²) >= 11 is 0. The maximum Gasteiger partial charge on any atom is 0.160 e. The largest absolute Gasteiger partial charge is 0.347 e. The molecule has 1 fully saturated rings. The van der Waals surface area contributed by atoms with Crippen LogP contribution in [0.2, 0.25) is 0 Å². The van der Waals surface area contributed by atoms with Gasteiger partial charge >= 0.3 is 0 Å². The van der Waals surface area contributed by atoms with Gasteiger partial charge in [0.1, 0.15) is 12.1 Å². The van der Waals surface area contributed by atoms with Gasteiger partial charge < -0.3 is 4.90 Å². The van der Waals surface area contributed by atoms with E-state index in [4.69, 9.17) is 0 Å². The molecule has 1 N–H and O–H groups in total. The van der Waals surface area contributed by atoms with Crippen molar-refractivity contribution in [1.82, 2.24) is 25.1 Å². The number of hydrogen-bond donors (Lipinski definition) is 1. The standard InChI is InChI=1S/C14H14N6/c1-2-6-15-11(4-1)12-5-3-7-20(12)14-10-8-18-19-13(10)16-9-17-14/h1-2,4,6,8-9,12H,3,5,7H2,(H,16,17,18,19). The molecular weight excluding hydrogens is 252 g/mol. The summed E-state index contributed by atoms with van der Waals surface area (Å²) in [7, 11) is 0. The molecular formula is C14H14N6. The first kappa shape index (κ1) is 11.3. The van der Waals surface area contributed by atoms with Crippen LogP contribution in [0.25, 0.3) is 11.0 Å². The van der Waals surface area contributed by atoms with Crippen molar-refractivity contribution in [2.75, 3.05) is 11.4 Å². The molecule has 0 amide bonds. The van der Waals surface area contributed by atoms with Gasteiger partial charge in [-0.1, -0.05) is 6.07 Å². The molecule has 0 spiro atoms. The van der Waals surface area contributed by atoms with E-state index < -0.39 is 0 Å². The first-order chi connectivity index (χ1) is 9.93. The normalized spacial score (nSPS) is 18.8. The summed E-state index contributed by atoms with van der Waals surface area (Å²) in [6.45, 7) is 0.985. The third kappa shape index (κ3) is 1.72. The summed E-state index contributed by atoms with van der Waals surface area (Å²) in [5, 5.41) is 7.92. The van der Waals surface area contributed by atoms with Crippen LogP contribution in [0.4, 0.5) is 5.82 Å². The average Bonchev–Trinajstić information content (AvgIpc) is 3.16. The number of aromatic amines is 1. The van der Waals surface area contributed by atoms with E-state index in [9.17, 15) is 0 Å². The highest BCUT2D eigenvalue weighted by atomic mass is 15.3. The number of anilines is 1. The van der Waals surface area contributed by atoms with E-state index in [-0.39, 0.29) is 6.04 Å². The Labute approximate surface area is 115 Å². The summed E-state index contributed by atoms with van der Waals surface area (Å²) in [6.07, 6.45) is 7.46. The Morgan fingerprint density at radius 2 is 2.20 bits per heavy atom. The van der Waals surface area contributed by atoms with E-state index in [0.717, 1.165) is 41.9 Å². The molecule has 0 radical (unpaired) electrons. The SMILES string of the molecule is c1ccc(C2CCCN2c2ncnc3[nH]ncc23)nc1. The summed E-state index contributed by atoms with van der Waals surface area (Å²) in [5.74, 6) is 0.942. The maximum absolute atomic E-state index is 4.50. The van der Waals surface area contributed by atoms with Gasteiger partial charge in [-0.25, -0.2) is 9.97 Å². The summed E-state index contributed by atoms with van der Waals surface area (Å²) < 4.78 is 0. The quantitative estimate of drug-likeness (QED) is 0.769. The van der Waals surface area contributed by atoms with Gasteiger partial charge in [-0.05, 0) is 25.0 Å². The van der Waals surface area contributed by atoms with E-state index in [1.165, 1.54) is 0 Å². The highest BCUT2D eigenvalue weighted by molar-refractivity contribution is 5.86. The van der Waals surface area contributed by atoms with Crippen molar-refractivity contribution in [3.8, 4) is 0 Å². The number of hydrogen-bond acceptors (Lipinski definition) is 5. The Morgan fingerprint density at radius 3 is 3.10 bits per heavy atom. The van der Waals surface area contributed by atoms with Crippen LogP contribution < -0.4 is 4.90 Å². The predicted molar refractivity (Wildman–Crippen MR) is 75.2 cm³/mol. The molecule has 6 nitrogen and oxygen atoms in total. The second-order valence-electron chi connectivity index (χ2n) is 4.94. The molecule has 1 atom stereocenters. The Hall–Kier alpha value is -2.50. The van der Waals surface area contributed by atoms with Crippen molar-refractivity contribution in [3.05, 3.63) is 42.6 Å². The molecule has 4 heterocycles. The third-order valence-corrected chi connectivity index (χ3v) is 3.78. The van der Waals surface area contributed by atoms with Crippen LogP contribution >= 0.6 is 0 Å². The van der Waals surface area contributed by atoms with Crippen molar-refractivity contribution in [2.45, 2.75) is 18.9 Å². The predicted octanol–water partition coefficient (Wildman–Crippen LogP) is 2.09. The van der Waals surface area contributed by atoms with Gasteiger partial charge in [0.25, 0.3) is 0 Å². The maximum atomic E-state index is 4.50. The molecule has 100 valence electrons. The number of nitrogens with zero attached hydrogens (tertiary/aromatic N) is 5. The van der Waals surface area contributed by atoms with Crippen LogP contribution in [-0.4, -0.2) is 31.7 Å². The number of H-pyrrole nitrogens is 1. The van der Waals surface area contributed by atoms with E-state index in [1.54, 1.807) is 12.5 Å².